The standard InChI is InChI=1S/C37H52N4O7/c1-5-6-17-41-35(44)33(34(43)27-13-20-47-21-14-27)39-36(45)37(41)15-18-40(19-16-37)24-26-7-10-29(11-8-26)48-30-12-9-28(23-31(30)46-4)38-32(42)22-25(2)3/h7-12,23,25,27,33-34,43H,5-6,13-22,24H2,1-4H3,(H,38,42)(H,39,45)/t33-,34?/m1/s1. The number of unbranched alkanes of at least 4 members (excludes halogenated alkanes) is 1. The average molecular weight is 665 g/mol. The summed E-state index contributed by atoms with van der Waals surface area (Å²) in [7, 11) is 1.57. The second-order valence-corrected chi connectivity index (χ2v) is 13.8. The molecule has 2 aromatic carbocycles. The van der Waals surface area contributed by atoms with E-state index in [0.29, 0.717) is 94.4 Å². The molecule has 2 aromatic rings. The monoisotopic (exact) mass is 664 g/mol. The molecule has 11 heteroatoms. The third-order valence-corrected chi connectivity index (χ3v) is 9.87. The molecule has 3 fully saturated rings. The number of rotatable bonds is 13. The van der Waals surface area contributed by atoms with Crippen molar-refractivity contribution < 1.29 is 33.7 Å². The van der Waals surface area contributed by atoms with E-state index in [0.717, 1.165) is 18.4 Å². The van der Waals surface area contributed by atoms with E-state index in [2.05, 4.69) is 22.5 Å². The summed E-state index contributed by atoms with van der Waals surface area (Å²) in [5.41, 5.74) is 0.873. The molecule has 262 valence electrons. The van der Waals surface area contributed by atoms with Gasteiger partial charge in [0, 0.05) is 57.6 Å². The van der Waals surface area contributed by atoms with E-state index in [1.807, 2.05) is 38.1 Å². The Hall–Kier alpha value is -3.67. The number of aliphatic hydroxyl groups is 1. The lowest BCUT2D eigenvalue weighted by Crippen LogP contribution is -2.75. The fourth-order valence-corrected chi connectivity index (χ4v) is 7.08. The Morgan fingerprint density at radius 2 is 1.79 bits per heavy atom. The molecule has 3 N–H and O–H groups in total. The molecule has 11 nitrogen and oxygen atoms in total. The molecule has 0 saturated carbocycles. The van der Waals surface area contributed by atoms with Gasteiger partial charge in [-0.05, 0) is 73.8 Å². The Morgan fingerprint density at radius 3 is 2.44 bits per heavy atom. The number of hydrogen-bond acceptors (Lipinski definition) is 8. The van der Waals surface area contributed by atoms with Gasteiger partial charge < -0.3 is 34.9 Å². The zero-order valence-corrected chi connectivity index (χ0v) is 28.8. The van der Waals surface area contributed by atoms with Crippen LogP contribution in [0.5, 0.6) is 17.2 Å². The fraction of sp³-hybridized carbons (Fsp3) is 0.595. The van der Waals surface area contributed by atoms with Gasteiger partial charge in [0.05, 0.1) is 13.2 Å². The van der Waals surface area contributed by atoms with Gasteiger partial charge in [0.25, 0.3) is 0 Å². The van der Waals surface area contributed by atoms with Gasteiger partial charge in [-0.3, -0.25) is 19.3 Å². The summed E-state index contributed by atoms with van der Waals surface area (Å²) in [5.74, 6) is 1.59. The maximum Gasteiger partial charge on any atom is 0.248 e. The van der Waals surface area contributed by atoms with Gasteiger partial charge in [-0.1, -0.05) is 39.3 Å². The van der Waals surface area contributed by atoms with E-state index in [1.54, 1.807) is 30.2 Å². The third-order valence-electron chi connectivity index (χ3n) is 9.87. The summed E-state index contributed by atoms with van der Waals surface area (Å²) in [6, 6.07) is 12.3. The van der Waals surface area contributed by atoms with Crippen LogP contribution < -0.4 is 20.1 Å². The van der Waals surface area contributed by atoms with Gasteiger partial charge >= 0.3 is 0 Å². The maximum atomic E-state index is 13.9. The summed E-state index contributed by atoms with van der Waals surface area (Å²) < 4.78 is 17.1. The number of amides is 3. The summed E-state index contributed by atoms with van der Waals surface area (Å²) in [4.78, 5) is 44.0. The van der Waals surface area contributed by atoms with E-state index in [1.165, 1.54) is 0 Å². The molecule has 3 heterocycles. The van der Waals surface area contributed by atoms with Crippen LogP contribution in [-0.2, 0) is 25.7 Å². The first kappa shape index (κ1) is 35.6. The van der Waals surface area contributed by atoms with Crippen LogP contribution in [-0.4, -0.2) is 90.3 Å². The van der Waals surface area contributed by atoms with Gasteiger partial charge in [0.2, 0.25) is 17.7 Å². The number of carbonyl (C=O) groups is 3. The van der Waals surface area contributed by atoms with Gasteiger partial charge in [0.1, 0.15) is 17.3 Å². The number of carbonyl (C=O) groups excluding carboxylic acids is 3. The number of aliphatic hydroxyl groups excluding tert-OH is 1. The van der Waals surface area contributed by atoms with E-state index >= 15 is 0 Å². The minimum atomic E-state index is -0.915. The van der Waals surface area contributed by atoms with Crippen LogP contribution in [0.4, 0.5) is 5.69 Å². The second-order valence-electron chi connectivity index (χ2n) is 13.8. The summed E-state index contributed by atoms with van der Waals surface area (Å²) in [6.45, 7) is 9.78. The summed E-state index contributed by atoms with van der Waals surface area (Å²) in [5, 5.41) is 17.0. The van der Waals surface area contributed by atoms with Crippen LogP contribution >= 0.6 is 0 Å². The quantitative estimate of drug-likeness (QED) is 0.281. The number of ether oxygens (including phenoxy) is 3. The number of benzene rings is 2. The zero-order chi connectivity index (χ0) is 34.3. The van der Waals surface area contributed by atoms with Crippen LogP contribution in [0.2, 0.25) is 0 Å². The molecule has 3 aliphatic rings. The highest BCUT2D eigenvalue weighted by Gasteiger charge is 2.55. The molecule has 0 radical (unpaired) electrons. The van der Waals surface area contributed by atoms with Crippen LogP contribution in [0.25, 0.3) is 0 Å². The predicted octanol–water partition coefficient (Wildman–Crippen LogP) is 4.72. The number of piperazine rings is 1. The van der Waals surface area contributed by atoms with Crippen molar-refractivity contribution in [1.29, 1.82) is 0 Å². The van der Waals surface area contributed by atoms with E-state index in [4.69, 9.17) is 14.2 Å². The number of methoxy groups -OCH3 is 1. The van der Waals surface area contributed by atoms with Crippen LogP contribution in [0.1, 0.15) is 71.3 Å². The Balaban J connectivity index is 1.18. The molecule has 0 aromatic heterocycles. The van der Waals surface area contributed by atoms with Crippen molar-refractivity contribution in [2.45, 2.75) is 89.9 Å². The van der Waals surface area contributed by atoms with E-state index in [9.17, 15) is 19.5 Å². The fourth-order valence-electron chi connectivity index (χ4n) is 7.08. The molecule has 0 bridgehead atoms. The number of nitrogens with one attached hydrogen (secondary N) is 2. The normalized spacial score (nSPS) is 20.9. The number of anilines is 1. The lowest BCUT2D eigenvalue weighted by atomic mass is 9.79. The zero-order valence-electron chi connectivity index (χ0n) is 28.8. The Labute approximate surface area is 284 Å². The highest BCUT2D eigenvalue weighted by molar-refractivity contribution is 6.00. The van der Waals surface area contributed by atoms with Crippen molar-refractivity contribution in [2.24, 2.45) is 11.8 Å². The van der Waals surface area contributed by atoms with Crippen LogP contribution in [0.3, 0.4) is 0 Å². The third kappa shape index (κ3) is 8.30. The molecular weight excluding hydrogens is 612 g/mol. The molecule has 48 heavy (non-hydrogen) atoms. The smallest absolute Gasteiger partial charge is 0.248 e. The molecule has 1 spiro atoms. The van der Waals surface area contributed by atoms with E-state index < -0.39 is 17.7 Å². The molecule has 3 aliphatic heterocycles. The maximum absolute atomic E-state index is 13.9. The second kappa shape index (κ2) is 16.2. The molecule has 3 amide bonds. The topological polar surface area (TPSA) is 130 Å². The van der Waals surface area contributed by atoms with E-state index in [-0.39, 0.29) is 29.6 Å². The first-order chi connectivity index (χ1) is 23.1. The number of piperidine rings is 1. The van der Waals surface area contributed by atoms with Gasteiger partial charge in [-0.2, -0.15) is 0 Å². The average Bonchev–Trinajstić information content (AvgIpc) is 3.08. The van der Waals surface area contributed by atoms with Crippen molar-refractivity contribution in [2.75, 3.05) is 45.3 Å². The van der Waals surface area contributed by atoms with Crippen molar-refractivity contribution in [3.8, 4) is 17.2 Å². The van der Waals surface area contributed by atoms with Gasteiger partial charge in [0.15, 0.2) is 11.5 Å². The first-order valence-corrected chi connectivity index (χ1v) is 17.5. The number of likely N-dealkylation sites (tertiary alicyclic amines) is 1. The first-order valence-electron chi connectivity index (χ1n) is 17.5. The van der Waals surface area contributed by atoms with Crippen LogP contribution in [0, 0.1) is 11.8 Å². The van der Waals surface area contributed by atoms with Crippen molar-refractivity contribution in [1.82, 2.24) is 15.1 Å². The van der Waals surface area contributed by atoms with Crippen LogP contribution in [0.15, 0.2) is 42.5 Å². The molecule has 5 rings (SSSR count). The minimum absolute atomic E-state index is 0.0425. The SMILES string of the molecule is CCCCN1C(=O)[C@@H](C(O)C2CCOCC2)NC(=O)C12CCN(Cc1ccc(Oc3ccc(NC(=O)CC(C)C)cc3OC)cc1)CC2. The Morgan fingerprint density at radius 1 is 1.08 bits per heavy atom. The lowest BCUT2D eigenvalue weighted by Gasteiger charge is -2.52. The van der Waals surface area contributed by atoms with Crippen molar-refractivity contribution in [3.63, 3.8) is 0 Å². The summed E-state index contributed by atoms with van der Waals surface area (Å²) >= 11 is 0. The van der Waals surface area contributed by atoms with Gasteiger partial charge in [-0.15, -0.1) is 0 Å². The Kier molecular flexibility index (Phi) is 12.0. The Bertz CT molecular complexity index is 1400. The molecular formula is C37H52N4O7. The van der Waals surface area contributed by atoms with Gasteiger partial charge in [-0.25, -0.2) is 0 Å². The molecule has 2 atom stereocenters. The largest absolute Gasteiger partial charge is 0.493 e. The minimum Gasteiger partial charge on any atom is -0.493 e. The van der Waals surface area contributed by atoms with Crippen molar-refractivity contribution >= 4 is 23.4 Å². The predicted molar refractivity (Wildman–Crippen MR) is 183 cm³/mol. The molecule has 0 aliphatic carbocycles. The number of nitrogens with zero attached hydrogens (tertiary/aromatic N) is 2. The number of hydrogen-bond donors (Lipinski definition) is 3. The van der Waals surface area contributed by atoms with Crippen molar-refractivity contribution in [3.05, 3.63) is 48.0 Å². The highest BCUT2D eigenvalue weighted by Crippen LogP contribution is 2.37. The highest BCUT2D eigenvalue weighted by atomic mass is 16.5. The lowest BCUT2D eigenvalue weighted by molar-refractivity contribution is -0.166. The summed E-state index contributed by atoms with van der Waals surface area (Å²) in [6.07, 6.45) is 3.71. The molecule has 1 unspecified atom stereocenters. The molecule has 3 saturated heterocycles.